The van der Waals surface area contributed by atoms with Crippen LogP contribution in [-0.4, -0.2) is 45.6 Å². The van der Waals surface area contributed by atoms with E-state index < -0.39 is 11.9 Å². The van der Waals surface area contributed by atoms with Gasteiger partial charge in [0.05, 0.1) is 11.6 Å². The molecule has 2 N–H and O–H groups in total. The number of thiazole rings is 1. The number of hydrogen-bond acceptors (Lipinski definition) is 5. The molecule has 2 aromatic rings. The molecule has 0 spiro atoms. The van der Waals surface area contributed by atoms with Gasteiger partial charge in [-0.25, -0.2) is 9.78 Å². The first-order valence-electron chi connectivity index (χ1n) is 6.60. The third-order valence-electron chi connectivity index (χ3n) is 3.08. The highest BCUT2D eigenvalue weighted by Crippen LogP contribution is 2.19. The van der Waals surface area contributed by atoms with E-state index in [1.807, 2.05) is 24.3 Å². The van der Waals surface area contributed by atoms with Gasteiger partial charge in [-0.15, -0.1) is 11.3 Å². The lowest BCUT2D eigenvalue weighted by Crippen LogP contribution is -2.25. The van der Waals surface area contributed by atoms with Gasteiger partial charge in [0.2, 0.25) is 0 Å². The van der Waals surface area contributed by atoms with Crippen molar-refractivity contribution in [1.82, 2.24) is 9.88 Å². The minimum absolute atomic E-state index is 0.0330. The number of benzene rings is 1. The normalized spacial score (nSPS) is 10.8. The van der Waals surface area contributed by atoms with Crippen LogP contribution in [0.15, 0.2) is 29.6 Å². The summed E-state index contributed by atoms with van der Waals surface area (Å²) in [6.45, 7) is 0.481. The van der Waals surface area contributed by atoms with Gasteiger partial charge in [-0.1, -0.05) is 24.3 Å². The lowest BCUT2D eigenvalue weighted by molar-refractivity contribution is -0.138. The summed E-state index contributed by atoms with van der Waals surface area (Å²) in [5.74, 6) is -1.90. The average molecular weight is 320 g/mol. The standard InChI is InChI=1S/C15H16N2O4S/c1-17(8-14(18)19)7-11-5-3-2-4-10(11)6-13-16-12(9-22-13)15(20)21/h2-5,9H,6-8H2,1H3,(H,18,19)(H,20,21). The molecule has 1 aromatic carbocycles. The Bertz CT molecular complexity index is 684. The summed E-state index contributed by atoms with van der Waals surface area (Å²) in [6.07, 6.45) is 0.537. The number of carbonyl (C=O) groups is 2. The van der Waals surface area contributed by atoms with Crippen molar-refractivity contribution in [1.29, 1.82) is 0 Å². The van der Waals surface area contributed by atoms with Gasteiger partial charge < -0.3 is 10.2 Å². The smallest absolute Gasteiger partial charge is 0.355 e. The first kappa shape index (κ1) is 16.1. The van der Waals surface area contributed by atoms with Crippen molar-refractivity contribution >= 4 is 23.3 Å². The lowest BCUT2D eigenvalue weighted by Gasteiger charge is -2.16. The Morgan fingerprint density at radius 1 is 1.23 bits per heavy atom. The molecular formula is C15H16N2O4S. The van der Waals surface area contributed by atoms with Gasteiger partial charge in [0, 0.05) is 18.3 Å². The minimum atomic E-state index is -1.03. The molecule has 0 aliphatic carbocycles. The molecule has 0 radical (unpaired) electrons. The van der Waals surface area contributed by atoms with E-state index in [1.165, 1.54) is 16.7 Å². The SMILES string of the molecule is CN(CC(=O)O)Cc1ccccc1Cc1nc(C(=O)O)cs1. The predicted molar refractivity (Wildman–Crippen MR) is 82.3 cm³/mol. The van der Waals surface area contributed by atoms with E-state index in [2.05, 4.69) is 4.98 Å². The Morgan fingerprint density at radius 2 is 1.91 bits per heavy atom. The van der Waals surface area contributed by atoms with Gasteiger partial charge in [0.1, 0.15) is 0 Å². The van der Waals surface area contributed by atoms with Gasteiger partial charge in [0.15, 0.2) is 5.69 Å². The number of nitrogens with zero attached hydrogens (tertiary/aromatic N) is 2. The van der Waals surface area contributed by atoms with Crippen LogP contribution in [0.25, 0.3) is 0 Å². The molecule has 0 aliphatic heterocycles. The topological polar surface area (TPSA) is 90.7 Å². The molecule has 0 atom stereocenters. The van der Waals surface area contributed by atoms with E-state index in [4.69, 9.17) is 10.2 Å². The zero-order valence-corrected chi connectivity index (χ0v) is 12.8. The van der Waals surface area contributed by atoms with Crippen molar-refractivity contribution in [2.24, 2.45) is 0 Å². The molecule has 22 heavy (non-hydrogen) atoms. The molecule has 0 saturated carbocycles. The number of aromatic nitrogens is 1. The van der Waals surface area contributed by atoms with Crippen LogP contribution >= 0.6 is 11.3 Å². The highest BCUT2D eigenvalue weighted by Gasteiger charge is 2.12. The monoisotopic (exact) mass is 320 g/mol. The molecule has 0 unspecified atom stereocenters. The highest BCUT2D eigenvalue weighted by molar-refractivity contribution is 7.09. The fourth-order valence-corrected chi connectivity index (χ4v) is 2.91. The summed E-state index contributed by atoms with van der Waals surface area (Å²) < 4.78 is 0. The van der Waals surface area contributed by atoms with Crippen molar-refractivity contribution in [3.05, 3.63) is 51.5 Å². The number of carboxylic acid groups (broad SMARTS) is 2. The third-order valence-corrected chi connectivity index (χ3v) is 3.93. The number of aliphatic carboxylic acids is 1. The maximum atomic E-state index is 10.9. The predicted octanol–water partition coefficient (Wildman–Crippen LogP) is 1.95. The van der Waals surface area contributed by atoms with E-state index >= 15 is 0 Å². The molecule has 0 amide bonds. The molecule has 0 aliphatic rings. The summed E-state index contributed by atoms with van der Waals surface area (Å²) in [4.78, 5) is 27.4. The summed E-state index contributed by atoms with van der Waals surface area (Å²) in [6, 6.07) is 7.70. The molecule has 2 rings (SSSR count). The van der Waals surface area contributed by atoms with Crippen LogP contribution in [0, 0.1) is 0 Å². The van der Waals surface area contributed by atoms with E-state index in [-0.39, 0.29) is 12.2 Å². The average Bonchev–Trinajstić information content (AvgIpc) is 2.89. The van der Waals surface area contributed by atoms with Crippen molar-refractivity contribution < 1.29 is 19.8 Å². The molecule has 0 fully saturated rings. The second kappa shape index (κ2) is 7.15. The Morgan fingerprint density at radius 3 is 2.50 bits per heavy atom. The third kappa shape index (κ3) is 4.37. The number of rotatable bonds is 7. The van der Waals surface area contributed by atoms with Crippen LogP contribution < -0.4 is 0 Å². The minimum Gasteiger partial charge on any atom is -0.480 e. The molecule has 116 valence electrons. The summed E-state index contributed by atoms with van der Waals surface area (Å²) in [5, 5.41) is 20.0. The second-order valence-electron chi connectivity index (χ2n) is 4.94. The van der Waals surface area contributed by atoms with Crippen molar-refractivity contribution in [2.75, 3.05) is 13.6 Å². The number of aromatic carboxylic acids is 1. The van der Waals surface area contributed by atoms with Crippen molar-refractivity contribution in [3.8, 4) is 0 Å². The Labute approximate surface area is 131 Å². The van der Waals surface area contributed by atoms with E-state index in [0.29, 0.717) is 13.0 Å². The molecule has 7 heteroatoms. The molecule has 0 bridgehead atoms. The van der Waals surface area contributed by atoms with Crippen LogP contribution in [0.1, 0.15) is 26.6 Å². The summed E-state index contributed by atoms with van der Waals surface area (Å²) in [5.41, 5.74) is 2.09. The molecule has 0 saturated heterocycles. The molecule has 1 heterocycles. The number of hydrogen-bond donors (Lipinski definition) is 2. The van der Waals surface area contributed by atoms with E-state index in [9.17, 15) is 9.59 Å². The quantitative estimate of drug-likeness (QED) is 0.810. The Hall–Kier alpha value is -2.25. The first-order chi connectivity index (χ1) is 10.5. The largest absolute Gasteiger partial charge is 0.480 e. The fraction of sp³-hybridized carbons (Fsp3) is 0.267. The molecule has 1 aromatic heterocycles. The van der Waals surface area contributed by atoms with Crippen molar-refractivity contribution in [3.63, 3.8) is 0 Å². The zero-order valence-electron chi connectivity index (χ0n) is 12.0. The van der Waals surface area contributed by atoms with Crippen molar-refractivity contribution in [2.45, 2.75) is 13.0 Å². The van der Waals surface area contributed by atoms with E-state index in [0.717, 1.165) is 16.1 Å². The first-order valence-corrected chi connectivity index (χ1v) is 7.48. The number of carboxylic acids is 2. The maximum Gasteiger partial charge on any atom is 0.355 e. The van der Waals surface area contributed by atoms with Gasteiger partial charge in [-0.3, -0.25) is 9.69 Å². The van der Waals surface area contributed by atoms with Gasteiger partial charge in [-0.05, 0) is 18.2 Å². The molecule has 6 nitrogen and oxygen atoms in total. The second-order valence-corrected chi connectivity index (χ2v) is 5.89. The summed E-state index contributed by atoms with van der Waals surface area (Å²) in [7, 11) is 1.75. The lowest BCUT2D eigenvalue weighted by atomic mass is 10.0. The van der Waals surface area contributed by atoms with Crippen LogP contribution in [-0.2, 0) is 17.8 Å². The van der Waals surface area contributed by atoms with Gasteiger partial charge in [0.25, 0.3) is 0 Å². The van der Waals surface area contributed by atoms with Gasteiger partial charge >= 0.3 is 11.9 Å². The van der Waals surface area contributed by atoms with Crippen LogP contribution in [0.2, 0.25) is 0 Å². The zero-order chi connectivity index (χ0) is 16.1. The van der Waals surface area contributed by atoms with E-state index in [1.54, 1.807) is 11.9 Å². The van der Waals surface area contributed by atoms with Crippen LogP contribution in [0.3, 0.4) is 0 Å². The summed E-state index contributed by atoms with van der Waals surface area (Å²) >= 11 is 1.31. The van der Waals surface area contributed by atoms with Crippen LogP contribution in [0.4, 0.5) is 0 Å². The highest BCUT2D eigenvalue weighted by atomic mass is 32.1. The van der Waals surface area contributed by atoms with Gasteiger partial charge in [-0.2, -0.15) is 0 Å². The molecular weight excluding hydrogens is 304 g/mol. The fourth-order valence-electron chi connectivity index (χ4n) is 2.12. The van der Waals surface area contributed by atoms with Crippen LogP contribution in [0.5, 0.6) is 0 Å². The Kier molecular flexibility index (Phi) is 5.24. The maximum absolute atomic E-state index is 10.9. The Balaban J connectivity index is 2.13. The number of likely N-dealkylation sites (N-methyl/N-ethyl adjacent to an activating group) is 1.